The number of benzene rings is 1. The van der Waals surface area contributed by atoms with E-state index in [-0.39, 0.29) is 6.03 Å². The number of carbonyl (C=O) groups excluding carboxylic acids is 1. The maximum Gasteiger partial charge on any atom is 0.319 e. The van der Waals surface area contributed by atoms with Crippen LogP contribution in [0, 0.1) is 6.92 Å². The molecule has 144 valence electrons. The molecule has 0 saturated carbocycles. The molecule has 1 saturated heterocycles. The number of carbonyl (C=O) groups is 1. The van der Waals surface area contributed by atoms with Gasteiger partial charge in [-0.05, 0) is 36.2 Å². The van der Waals surface area contributed by atoms with Gasteiger partial charge in [0.25, 0.3) is 0 Å². The highest BCUT2D eigenvalue weighted by atomic mass is 16.2. The predicted octanol–water partition coefficient (Wildman–Crippen LogP) is 2.85. The van der Waals surface area contributed by atoms with Crippen LogP contribution in [0.2, 0.25) is 0 Å². The summed E-state index contributed by atoms with van der Waals surface area (Å²) in [4.78, 5) is 21.3. The number of hydrogen-bond donors (Lipinski definition) is 2. The second-order valence-electron chi connectivity index (χ2n) is 6.98. The van der Waals surface area contributed by atoms with Gasteiger partial charge in [-0.1, -0.05) is 31.2 Å². The number of nitrogens with zero attached hydrogens (tertiary/aromatic N) is 3. The molecule has 1 aromatic heterocycles. The summed E-state index contributed by atoms with van der Waals surface area (Å²) in [6, 6.07) is 9.96. The van der Waals surface area contributed by atoms with Crippen molar-refractivity contribution < 1.29 is 4.79 Å². The van der Waals surface area contributed by atoms with Crippen molar-refractivity contribution in [3.63, 3.8) is 0 Å². The zero-order chi connectivity index (χ0) is 19.1. The molecule has 2 N–H and O–H groups in total. The van der Waals surface area contributed by atoms with Crippen LogP contribution in [0.3, 0.4) is 0 Å². The first-order valence-electron chi connectivity index (χ1n) is 9.62. The van der Waals surface area contributed by atoms with E-state index < -0.39 is 0 Å². The van der Waals surface area contributed by atoms with Gasteiger partial charge in [-0.15, -0.1) is 0 Å². The number of urea groups is 1. The van der Waals surface area contributed by atoms with Crippen molar-refractivity contribution in [3.05, 3.63) is 59.4 Å². The van der Waals surface area contributed by atoms with Crippen LogP contribution in [0.25, 0.3) is 0 Å². The molecule has 1 aliphatic heterocycles. The molecule has 3 rings (SSSR count). The summed E-state index contributed by atoms with van der Waals surface area (Å²) < 4.78 is 0. The Bertz CT molecular complexity index is 756. The summed E-state index contributed by atoms with van der Waals surface area (Å²) in [7, 11) is 0. The van der Waals surface area contributed by atoms with Crippen LogP contribution in [-0.2, 0) is 13.1 Å². The smallest absolute Gasteiger partial charge is 0.319 e. The first-order valence-corrected chi connectivity index (χ1v) is 9.62. The SMILES string of the molecule is CCN1CCN(Cc2ccccc2CNC(=O)Nc2ccncc2C)CC1. The second kappa shape index (κ2) is 9.48. The fourth-order valence-electron chi connectivity index (χ4n) is 3.34. The number of aryl methyl sites for hydroxylation is 1. The van der Waals surface area contributed by atoms with Crippen molar-refractivity contribution in [2.75, 3.05) is 38.0 Å². The van der Waals surface area contributed by atoms with Crippen molar-refractivity contribution in [1.29, 1.82) is 0 Å². The highest BCUT2D eigenvalue weighted by molar-refractivity contribution is 5.89. The van der Waals surface area contributed by atoms with Crippen LogP contribution in [0.1, 0.15) is 23.6 Å². The van der Waals surface area contributed by atoms with Gasteiger partial charge in [0.15, 0.2) is 0 Å². The lowest BCUT2D eigenvalue weighted by atomic mass is 10.1. The third-order valence-corrected chi connectivity index (χ3v) is 5.13. The minimum Gasteiger partial charge on any atom is -0.334 e. The number of anilines is 1. The number of rotatable bonds is 6. The van der Waals surface area contributed by atoms with Crippen molar-refractivity contribution in [3.8, 4) is 0 Å². The van der Waals surface area contributed by atoms with Gasteiger partial charge in [0.2, 0.25) is 0 Å². The molecule has 1 aliphatic rings. The summed E-state index contributed by atoms with van der Waals surface area (Å²) in [5.74, 6) is 0. The van der Waals surface area contributed by atoms with E-state index in [2.05, 4.69) is 50.5 Å². The van der Waals surface area contributed by atoms with Crippen molar-refractivity contribution >= 4 is 11.7 Å². The van der Waals surface area contributed by atoms with E-state index in [1.165, 1.54) is 5.56 Å². The standard InChI is InChI=1S/C21H29N5O/c1-3-25-10-12-26(13-11-25)16-19-7-5-4-6-18(19)15-23-21(27)24-20-8-9-22-14-17(20)2/h4-9,14H,3,10-13,15-16H2,1-2H3,(H2,22,23,24,27). The molecule has 1 fully saturated rings. The summed E-state index contributed by atoms with van der Waals surface area (Å²) in [5, 5.41) is 5.86. The molecule has 27 heavy (non-hydrogen) atoms. The highest BCUT2D eigenvalue weighted by Gasteiger charge is 2.16. The monoisotopic (exact) mass is 367 g/mol. The molecule has 6 nitrogen and oxygen atoms in total. The molecule has 0 unspecified atom stereocenters. The number of hydrogen-bond acceptors (Lipinski definition) is 4. The largest absolute Gasteiger partial charge is 0.334 e. The molecular formula is C21H29N5O. The fraction of sp³-hybridized carbons (Fsp3) is 0.429. The van der Waals surface area contributed by atoms with Crippen LogP contribution in [-0.4, -0.2) is 53.5 Å². The Labute approximate surface area is 161 Å². The highest BCUT2D eigenvalue weighted by Crippen LogP contribution is 2.14. The Balaban J connectivity index is 1.55. The minimum atomic E-state index is -0.198. The van der Waals surface area contributed by atoms with Crippen LogP contribution >= 0.6 is 0 Å². The summed E-state index contributed by atoms with van der Waals surface area (Å²) in [6.45, 7) is 11.2. The minimum absolute atomic E-state index is 0.198. The number of amides is 2. The lowest BCUT2D eigenvalue weighted by molar-refractivity contribution is 0.131. The number of pyridine rings is 1. The van der Waals surface area contributed by atoms with Gasteiger partial charge < -0.3 is 15.5 Å². The summed E-state index contributed by atoms with van der Waals surface area (Å²) >= 11 is 0. The molecule has 0 radical (unpaired) electrons. The van der Waals surface area contributed by atoms with E-state index in [1.54, 1.807) is 18.5 Å². The number of piperazine rings is 1. The van der Waals surface area contributed by atoms with E-state index in [4.69, 9.17) is 0 Å². The quantitative estimate of drug-likeness (QED) is 0.824. The van der Waals surface area contributed by atoms with E-state index >= 15 is 0 Å². The van der Waals surface area contributed by atoms with Gasteiger partial charge in [0.1, 0.15) is 0 Å². The van der Waals surface area contributed by atoms with Crippen LogP contribution < -0.4 is 10.6 Å². The molecule has 2 amide bonds. The summed E-state index contributed by atoms with van der Waals surface area (Å²) in [5.41, 5.74) is 4.17. The maximum absolute atomic E-state index is 12.2. The van der Waals surface area contributed by atoms with Gasteiger partial charge in [0.05, 0.1) is 0 Å². The second-order valence-corrected chi connectivity index (χ2v) is 6.98. The van der Waals surface area contributed by atoms with Crippen LogP contribution in [0.15, 0.2) is 42.7 Å². The fourth-order valence-corrected chi connectivity index (χ4v) is 3.34. The number of aromatic nitrogens is 1. The van der Waals surface area contributed by atoms with Crippen LogP contribution in [0.5, 0.6) is 0 Å². The lowest BCUT2D eigenvalue weighted by Gasteiger charge is -2.34. The first-order chi connectivity index (χ1) is 13.2. The van der Waals surface area contributed by atoms with Crippen molar-refractivity contribution in [2.45, 2.75) is 26.9 Å². The molecule has 0 spiro atoms. The van der Waals surface area contributed by atoms with Gasteiger partial charge >= 0.3 is 6.03 Å². The average molecular weight is 367 g/mol. The number of likely N-dealkylation sites (N-methyl/N-ethyl adjacent to an activating group) is 1. The zero-order valence-electron chi connectivity index (χ0n) is 16.2. The van der Waals surface area contributed by atoms with E-state index in [1.807, 2.05) is 13.0 Å². The Morgan fingerprint density at radius 3 is 2.48 bits per heavy atom. The van der Waals surface area contributed by atoms with Gasteiger partial charge in [-0.3, -0.25) is 9.88 Å². The molecular weight excluding hydrogens is 338 g/mol. The molecule has 0 atom stereocenters. The van der Waals surface area contributed by atoms with Gasteiger partial charge in [-0.2, -0.15) is 0 Å². The predicted molar refractivity (Wildman–Crippen MR) is 109 cm³/mol. The van der Waals surface area contributed by atoms with Gasteiger partial charge in [-0.25, -0.2) is 4.79 Å². The molecule has 0 bridgehead atoms. The van der Waals surface area contributed by atoms with E-state index in [0.717, 1.165) is 56.1 Å². The molecule has 2 aromatic rings. The summed E-state index contributed by atoms with van der Waals surface area (Å²) in [6.07, 6.45) is 3.42. The average Bonchev–Trinajstić information content (AvgIpc) is 2.70. The van der Waals surface area contributed by atoms with Crippen molar-refractivity contribution in [1.82, 2.24) is 20.1 Å². The normalized spacial score (nSPS) is 15.5. The molecule has 0 aliphatic carbocycles. The maximum atomic E-state index is 12.2. The van der Waals surface area contributed by atoms with Crippen molar-refractivity contribution in [2.24, 2.45) is 0 Å². The third kappa shape index (κ3) is 5.52. The Morgan fingerprint density at radius 2 is 1.78 bits per heavy atom. The first kappa shape index (κ1) is 19.3. The third-order valence-electron chi connectivity index (χ3n) is 5.13. The molecule has 6 heteroatoms. The number of nitrogens with one attached hydrogen (secondary N) is 2. The van der Waals surface area contributed by atoms with Gasteiger partial charge in [0, 0.05) is 57.3 Å². The lowest BCUT2D eigenvalue weighted by Crippen LogP contribution is -2.45. The molecule has 2 heterocycles. The topological polar surface area (TPSA) is 60.5 Å². The zero-order valence-corrected chi connectivity index (χ0v) is 16.2. The van der Waals surface area contributed by atoms with Crippen LogP contribution in [0.4, 0.5) is 10.5 Å². The molecule has 1 aromatic carbocycles. The van der Waals surface area contributed by atoms with E-state index in [0.29, 0.717) is 6.54 Å². The van der Waals surface area contributed by atoms with E-state index in [9.17, 15) is 4.79 Å². The Kier molecular flexibility index (Phi) is 6.79. The Hall–Kier alpha value is -2.44. The Morgan fingerprint density at radius 1 is 1.07 bits per heavy atom.